The minimum absolute atomic E-state index is 0. The van der Waals surface area contributed by atoms with E-state index in [9.17, 15) is 9.59 Å². The van der Waals surface area contributed by atoms with Crippen LogP contribution in [0.15, 0.2) is 24.3 Å². The van der Waals surface area contributed by atoms with E-state index in [1.54, 1.807) is 31.4 Å². The molecule has 2 unspecified atom stereocenters. The normalized spacial score (nSPS) is 19.8. The number of carbonyl (C=O) groups is 2. The van der Waals surface area contributed by atoms with Gasteiger partial charge in [0, 0.05) is 30.6 Å². The van der Waals surface area contributed by atoms with Crippen molar-refractivity contribution in [3.05, 3.63) is 29.8 Å². The number of halogens is 1. The van der Waals surface area contributed by atoms with E-state index in [0.717, 1.165) is 25.7 Å². The Labute approximate surface area is 148 Å². The second-order valence-electron chi connectivity index (χ2n) is 5.90. The Morgan fingerprint density at radius 3 is 2.46 bits per heavy atom. The number of benzene rings is 1. The third kappa shape index (κ3) is 6.02. The first-order chi connectivity index (χ1) is 11.1. The fraction of sp³-hybridized carbons (Fsp3) is 0.529. The van der Waals surface area contributed by atoms with E-state index in [2.05, 4.69) is 10.6 Å². The lowest BCUT2D eigenvalue weighted by Gasteiger charge is -2.25. The summed E-state index contributed by atoms with van der Waals surface area (Å²) in [6.07, 6.45) is 3.66. The van der Waals surface area contributed by atoms with E-state index < -0.39 is 0 Å². The summed E-state index contributed by atoms with van der Waals surface area (Å²) < 4.78 is 5.05. The maximum absolute atomic E-state index is 12.0. The van der Waals surface area contributed by atoms with E-state index >= 15 is 0 Å². The van der Waals surface area contributed by atoms with Gasteiger partial charge in [-0.3, -0.25) is 9.59 Å². The quantitative estimate of drug-likeness (QED) is 0.674. The molecule has 2 rings (SSSR count). The molecule has 7 heteroatoms. The highest BCUT2D eigenvalue weighted by atomic mass is 35.5. The fourth-order valence-electron chi connectivity index (χ4n) is 2.82. The SMILES string of the molecule is COc1ccc(C(=O)NCCNC(=O)C2CCCC(N)C2)cc1.Cl. The summed E-state index contributed by atoms with van der Waals surface area (Å²) in [7, 11) is 1.58. The van der Waals surface area contributed by atoms with Gasteiger partial charge in [-0.15, -0.1) is 12.4 Å². The maximum atomic E-state index is 12.0. The van der Waals surface area contributed by atoms with Crippen molar-refractivity contribution in [2.45, 2.75) is 31.7 Å². The average molecular weight is 356 g/mol. The van der Waals surface area contributed by atoms with Crippen LogP contribution in [0.25, 0.3) is 0 Å². The number of nitrogens with one attached hydrogen (secondary N) is 2. The van der Waals surface area contributed by atoms with Crippen molar-refractivity contribution in [1.29, 1.82) is 0 Å². The Hall–Kier alpha value is -1.79. The predicted molar refractivity (Wildman–Crippen MR) is 95.5 cm³/mol. The molecule has 4 N–H and O–H groups in total. The highest BCUT2D eigenvalue weighted by Gasteiger charge is 2.24. The first-order valence-electron chi connectivity index (χ1n) is 8.05. The van der Waals surface area contributed by atoms with Gasteiger partial charge in [0.15, 0.2) is 0 Å². The average Bonchev–Trinajstić information content (AvgIpc) is 2.58. The number of amides is 2. The van der Waals surface area contributed by atoms with Gasteiger partial charge in [-0.2, -0.15) is 0 Å². The zero-order chi connectivity index (χ0) is 16.7. The lowest BCUT2D eigenvalue weighted by atomic mass is 9.85. The van der Waals surface area contributed by atoms with Crippen LogP contribution in [0.5, 0.6) is 5.75 Å². The van der Waals surface area contributed by atoms with Crippen molar-refractivity contribution in [1.82, 2.24) is 10.6 Å². The topological polar surface area (TPSA) is 93.5 Å². The minimum Gasteiger partial charge on any atom is -0.497 e. The lowest BCUT2D eigenvalue weighted by Crippen LogP contribution is -2.40. The molecule has 0 radical (unpaired) electrons. The molecule has 0 spiro atoms. The molecule has 1 aromatic rings. The van der Waals surface area contributed by atoms with E-state index in [1.165, 1.54) is 0 Å². The molecule has 1 aromatic carbocycles. The van der Waals surface area contributed by atoms with E-state index in [4.69, 9.17) is 10.5 Å². The zero-order valence-electron chi connectivity index (χ0n) is 13.9. The predicted octanol–water partition coefficient (Wildman–Crippen LogP) is 1.48. The van der Waals surface area contributed by atoms with Crippen LogP contribution in [0.3, 0.4) is 0 Å². The van der Waals surface area contributed by atoms with E-state index in [-0.39, 0.29) is 36.2 Å². The molecule has 6 nitrogen and oxygen atoms in total. The van der Waals surface area contributed by atoms with Crippen LogP contribution in [0.1, 0.15) is 36.0 Å². The smallest absolute Gasteiger partial charge is 0.251 e. The van der Waals surface area contributed by atoms with Gasteiger partial charge in [-0.25, -0.2) is 0 Å². The third-order valence-corrected chi connectivity index (χ3v) is 4.15. The van der Waals surface area contributed by atoms with Crippen LogP contribution in [-0.4, -0.2) is 38.1 Å². The fourth-order valence-corrected chi connectivity index (χ4v) is 2.82. The molecule has 0 aromatic heterocycles. The molecular formula is C17H26ClN3O3. The Kier molecular flexibility index (Phi) is 8.57. The van der Waals surface area contributed by atoms with Crippen molar-refractivity contribution in [2.24, 2.45) is 11.7 Å². The molecule has 0 aliphatic heterocycles. The van der Waals surface area contributed by atoms with Gasteiger partial charge in [-0.05, 0) is 43.5 Å². The summed E-state index contributed by atoms with van der Waals surface area (Å²) >= 11 is 0. The monoisotopic (exact) mass is 355 g/mol. The molecule has 1 saturated carbocycles. The number of hydrogen-bond donors (Lipinski definition) is 3. The second-order valence-corrected chi connectivity index (χ2v) is 5.90. The Balaban J connectivity index is 0.00000288. The molecule has 0 saturated heterocycles. The van der Waals surface area contributed by atoms with Crippen LogP contribution in [0.4, 0.5) is 0 Å². The summed E-state index contributed by atoms with van der Waals surface area (Å²) in [5.41, 5.74) is 6.46. The van der Waals surface area contributed by atoms with Gasteiger partial charge in [0.1, 0.15) is 5.75 Å². The first-order valence-corrected chi connectivity index (χ1v) is 8.05. The molecule has 24 heavy (non-hydrogen) atoms. The number of carbonyl (C=O) groups excluding carboxylic acids is 2. The van der Waals surface area contributed by atoms with Crippen LogP contribution in [0, 0.1) is 5.92 Å². The first kappa shape index (κ1) is 20.3. The summed E-state index contributed by atoms with van der Waals surface area (Å²) in [6, 6.07) is 7.02. The van der Waals surface area contributed by atoms with Crippen LogP contribution in [0.2, 0.25) is 0 Å². The molecule has 2 atom stereocenters. The second kappa shape index (κ2) is 10.2. The maximum Gasteiger partial charge on any atom is 0.251 e. The zero-order valence-corrected chi connectivity index (χ0v) is 14.7. The van der Waals surface area contributed by atoms with Gasteiger partial charge in [0.25, 0.3) is 5.91 Å². The van der Waals surface area contributed by atoms with Crippen molar-refractivity contribution in [3.63, 3.8) is 0 Å². The Bertz CT molecular complexity index is 536. The molecule has 1 aliphatic rings. The Morgan fingerprint density at radius 2 is 1.83 bits per heavy atom. The summed E-state index contributed by atoms with van der Waals surface area (Å²) in [5, 5.41) is 5.65. The molecule has 0 bridgehead atoms. The number of rotatable bonds is 6. The van der Waals surface area contributed by atoms with Crippen LogP contribution >= 0.6 is 12.4 Å². The van der Waals surface area contributed by atoms with Crippen molar-refractivity contribution in [2.75, 3.05) is 20.2 Å². The van der Waals surface area contributed by atoms with Crippen molar-refractivity contribution in [3.8, 4) is 5.75 Å². The number of methoxy groups -OCH3 is 1. The molecule has 2 amide bonds. The number of hydrogen-bond acceptors (Lipinski definition) is 4. The van der Waals surface area contributed by atoms with Crippen LogP contribution < -0.4 is 21.1 Å². The Morgan fingerprint density at radius 1 is 1.17 bits per heavy atom. The highest BCUT2D eigenvalue weighted by Crippen LogP contribution is 2.22. The van der Waals surface area contributed by atoms with Crippen LogP contribution in [-0.2, 0) is 4.79 Å². The van der Waals surface area contributed by atoms with E-state index in [1.807, 2.05) is 0 Å². The van der Waals surface area contributed by atoms with Gasteiger partial charge in [0.2, 0.25) is 5.91 Å². The van der Waals surface area contributed by atoms with E-state index in [0.29, 0.717) is 24.4 Å². The number of ether oxygens (including phenoxy) is 1. The molecule has 0 heterocycles. The van der Waals surface area contributed by atoms with Crippen molar-refractivity contribution < 1.29 is 14.3 Å². The third-order valence-electron chi connectivity index (χ3n) is 4.15. The summed E-state index contributed by atoms with van der Waals surface area (Å²) in [5.74, 6) is 0.594. The van der Waals surface area contributed by atoms with Gasteiger partial charge in [-0.1, -0.05) is 6.42 Å². The molecule has 134 valence electrons. The standard InChI is InChI=1S/C17H25N3O3.ClH/c1-23-15-7-5-12(6-8-15)16(21)19-9-10-20-17(22)13-3-2-4-14(18)11-13;/h5-8,13-14H,2-4,9-11,18H2,1H3,(H,19,21)(H,20,22);1H. The molecule has 1 aliphatic carbocycles. The van der Waals surface area contributed by atoms with Gasteiger partial charge >= 0.3 is 0 Å². The summed E-state index contributed by atoms with van der Waals surface area (Å²) in [6.45, 7) is 0.821. The largest absolute Gasteiger partial charge is 0.497 e. The highest BCUT2D eigenvalue weighted by molar-refractivity contribution is 5.94. The molecule has 1 fully saturated rings. The lowest BCUT2D eigenvalue weighted by molar-refractivity contribution is -0.126. The minimum atomic E-state index is -0.165. The number of nitrogens with two attached hydrogens (primary N) is 1. The van der Waals surface area contributed by atoms with Gasteiger partial charge in [0.05, 0.1) is 7.11 Å². The van der Waals surface area contributed by atoms with Crippen molar-refractivity contribution >= 4 is 24.2 Å². The summed E-state index contributed by atoms with van der Waals surface area (Å²) in [4.78, 5) is 24.0. The molecular weight excluding hydrogens is 330 g/mol. The van der Waals surface area contributed by atoms with Gasteiger partial charge < -0.3 is 21.1 Å².